The molecule has 0 aromatic heterocycles. The summed E-state index contributed by atoms with van der Waals surface area (Å²) in [6.07, 6.45) is 14.9. The van der Waals surface area contributed by atoms with E-state index in [0.29, 0.717) is 0 Å². The van der Waals surface area contributed by atoms with Gasteiger partial charge < -0.3 is 14.7 Å². The second kappa shape index (κ2) is 22.4. The van der Waals surface area contributed by atoms with Crippen LogP contribution in [0.15, 0.2) is 72.8 Å². The quantitative estimate of drug-likeness (QED) is 0.0504. The van der Waals surface area contributed by atoms with Gasteiger partial charge in [-0.25, -0.2) is 0 Å². The Kier molecular flexibility index (Phi) is 19.9. The van der Waals surface area contributed by atoms with Crippen LogP contribution in [0.1, 0.15) is 119 Å². The Morgan fingerprint density at radius 1 is 0.358 bits per heavy atom. The predicted molar refractivity (Wildman–Crippen MR) is 225 cm³/mol. The van der Waals surface area contributed by atoms with Crippen LogP contribution in [0.4, 0.5) is 33.9 Å². The first kappa shape index (κ1) is 47.0. The molecule has 0 aliphatic rings. The zero-order chi connectivity index (χ0) is 39.4. The van der Waals surface area contributed by atoms with Gasteiger partial charge in [0, 0.05) is 56.3 Å². The molecule has 53 heavy (non-hydrogen) atoms. The Labute approximate surface area is 321 Å². The van der Waals surface area contributed by atoms with Gasteiger partial charge >= 0.3 is 36.4 Å². The summed E-state index contributed by atoms with van der Waals surface area (Å²) < 4.78 is 59.6. The monoisotopic (exact) mass is 879 g/mol. The van der Waals surface area contributed by atoms with E-state index in [4.69, 9.17) is 0 Å². The average molecular weight is 881 g/mol. The third kappa shape index (κ3) is 19.9. The van der Waals surface area contributed by atoms with E-state index in [1.54, 1.807) is 0 Å². The maximum atomic E-state index is 9.93. The number of halogens is 6. The minimum atomic E-state index is -11.2. The fourth-order valence-corrected chi connectivity index (χ4v) is 8.72. The van der Waals surface area contributed by atoms with Gasteiger partial charge in [0.1, 0.15) is 15.9 Å². The van der Waals surface area contributed by atoms with E-state index < -0.39 is 27.4 Å². The molecule has 0 fully saturated rings. The fraction of sp³-hybridized carbons (Fsp3) is 0.571. The van der Waals surface area contributed by atoms with Crippen LogP contribution in [-0.4, -0.2) is 58.7 Å². The van der Waals surface area contributed by atoms with Crippen molar-refractivity contribution in [2.75, 3.05) is 54.0 Å². The van der Waals surface area contributed by atoms with E-state index >= 15 is 0 Å². The summed E-state index contributed by atoms with van der Waals surface area (Å²) >= 11 is -11.2. The second-order valence-corrected chi connectivity index (χ2v) is 22.0. The van der Waals surface area contributed by atoms with Crippen molar-refractivity contribution in [3.8, 4) is 0 Å². The molecule has 0 aliphatic carbocycles. The van der Waals surface area contributed by atoms with Crippen molar-refractivity contribution < 1.29 is 16.9 Å². The Morgan fingerprint density at radius 2 is 0.528 bits per heavy atom. The molecule has 3 aromatic rings. The van der Waals surface area contributed by atoms with Gasteiger partial charge in [-0.05, 0) is 111 Å². The molecule has 0 amide bonds. The van der Waals surface area contributed by atoms with Gasteiger partial charge in [0.25, 0.3) is 0 Å². The fourth-order valence-electron chi connectivity index (χ4n) is 6.22. The Balaban J connectivity index is 0.00000126. The average Bonchev–Trinajstić information content (AvgIpc) is 3.12. The van der Waals surface area contributed by atoms with Crippen LogP contribution < -0.4 is 30.6 Å². The first-order chi connectivity index (χ1) is 25.0. The molecule has 0 unspecified atom stereocenters. The maximum absolute atomic E-state index is 11.2. The molecular formula is C42H67F6N3PSb. The third-order valence-electron chi connectivity index (χ3n) is 9.25. The molecule has 0 aliphatic heterocycles. The van der Waals surface area contributed by atoms with Crippen LogP contribution in [0.2, 0.25) is 0 Å². The van der Waals surface area contributed by atoms with Crippen LogP contribution >= 0.6 is 7.92 Å². The van der Waals surface area contributed by atoms with Gasteiger partial charge in [-0.3, -0.25) is 0 Å². The van der Waals surface area contributed by atoms with Crippen LogP contribution in [0.3, 0.4) is 0 Å². The molecule has 0 saturated heterocycles. The van der Waals surface area contributed by atoms with Gasteiger partial charge in [-0.2, -0.15) is 0 Å². The van der Waals surface area contributed by atoms with Crippen molar-refractivity contribution in [1.29, 1.82) is 0 Å². The van der Waals surface area contributed by atoms with Crippen LogP contribution in [0, 0.1) is 0 Å². The molecule has 3 nitrogen and oxygen atoms in total. The number of hydrogen-bond acceptors (Lipinski definition) is 3. The number of unbranched alkanes of at least 4 members (excludes halogenated alkanes) is 6. The van der Waals surface area contributed by atoms with E-state index in [1.165, 1.54) is 110 Å². The predicted octanol–water partition coefficient (Wildman–Crippen LogP) is 12.5. The third-order valence-corrected chi connectivity index (χ3v) is 12.0. The molecule has 11 heteroatoms. The molecule has 0 radical (unpaired) electrons. The molecule has 0 atom stereocenters. The van der Waals surface area contributed by atoms with E-state index in [9.17, 15) is 16.9 Å². The van der Waals surface area contributed by atoms with Gasteiger partial charge in [0.2, 0.25) is 0 Å². The summed E-state index contributed by atoms with van der Waals surface area (Å²) in [5.41, 5.74) is 4.13. The minimum absolute atomic E-state index is 1.15. The van der Waals surface area contributed by atoms with Gasteiger partial charge in [0.15, 0.2) is 0 Å². The first-order valence-electron chi connectivity index (χ1n) is 20.0. The molecule has 0 bridgehead atoms. The van der Waals surface area contributed by atoms with Crippen molar-refractivity contribution in [2.24, 2.45) is 0 Å². The van der Waals surface area contributed by atoms with Crippen molar-refractivity contribution in [2.45, 2.75) is 119 Å². The number of rotatable bonds is 24. The van der Waals surface area contributed by atoms with Gasteiger partial charge in [0.05, 0.1) is 7.92 Å². The summed E-state index contributed by atoms with van der Waals surface area (Å²) in [4.78, 5) is 7.82. The van der Waals surface area contributed by atoms with Crippen LogP contribution in [-0.2, 0) is 0 Å². The SMILES string of the molecule is CCCCN(CCCC)c1ccc([PH+](c2ccc(N(CCCC)CCCC)cc2)c2ccc(N(CCCC)CCCC)cc2)cc1.[F][Sb-]([F])([F])([F])([F])[F]. The van der Waals surface area contributed by atoms with Crippen molar-refractivity contribution in [3.05, 3.63) is 72.8 Å². The zero-order valence-corrected chi connectivity index (χ0v) is 36.8. The van der Waals surface area contributed by atoms with E-state index in [0.717, 1.165) is 39.3 Å². The van der Waals surface area contributed by atoms with Crippen molar-refractivity contribution in [1.82, 2.24) is 0 Å². The first-order valence-corrected chi connectivity index (χ1v) is 27.3. The van der Waals surface area contributed by atoms with E-state index in [-0.39, 0.29) is 0 Å². The van der Waals surface area contributed by atoms with Crippen LogP contribution in [0.5, 0.6) is 0 Å². The van der Waals surface area contributed by atoms with E-state index in [2.05, 4.69) is 129 Å². The summed E-state index contributed by atoms with van der Waals surface area (Å²) in [5, 5.41) is 4.42. The Morgan fingerprint density at radius 3 is 0.679 bits per heavy atom. The Bertz CT molecular complexity index is 1220. The number of hydrogen-bond donors (Lipinski definition) is 0. The van der Waals surface area contributed by atoms with Crippen LogP contribution in [0.25, 0.3) is 0 Å². The molecule has 0 N–H and O–H groups in total. The van der Waals surface area contributed by atoms with Gasteiger partial charge in [-0.1, -0.05) is 80.1 Å². The van der Waals surface area contributed by atoms with E-state index in [1.807, 2.05) is 0 Å². The molecule has 0 saturated carbocycles. The number of anilines is 3. The Hall–Kier alpha value is -2.11. The summed E-state index contributed by atoms with van der Waals surface area (Å²) in [7, 11) is -1.16. The molecular weight excluding hydrogens is 813 g/mol. The molecule has 302 valence electrons. The summed E-state index contributed by atoms with van der Waals surface area (Å²) in [6.45, 7) is 20.7. The number of nitrogens with zero attached hydrogens (tertiary/aromatic N) is 3. The normalized spacial score (nSPS) is 12.8. The van der Waals surface area contributed by atoms with Crippen molar-refractivity contribution in [3.63, 3.8) is 0 Å². The summed E-state index contributed by atoms with van der Waals surface area (Å²) in [5.74, 6) is 0. The molecule has 3 aromatic carbocycles. The summed E-state index contributed by atoms with van der Waals surface area (Å²) in [6, 6.07) is 29.1. The topological polar surface area (TPSA) is 9.72 Å². The number of benzene rings is 3. The van der Waals surface area contributed by atoms with Crippen molar-refractivity contribution >= 4 is 60.4 Å². The molecule has 0 spiro atoms. The zero-order valence-electron chi connectivity index (χ0n) is 33.2. The molecule has 3 rings (SSSR count). The van der Waals surface area contributed by atoms with Gasteiger partial charge in [-0.15, -0.1) is 0 Å². The second-order valence-electron chi connectivity index (χ2n) is 14.1. The molecule has 0 heterocycles. The standard InChI is InChI=1S/C42H66N3P.6FH.Sb/c1-7-13-31-43(32-14-8-2)37-19-25-40(26-20-37)46(41-27-21-38(22-28-41)44(33-15-9-3)34-16-10-4)42-29-23-39(24-30-42)45(35-17-11-5)36-18-12-6;;;;;;;/h19-30H,7-18,31-36H2,1-6H3;6*1H;/q;;;;;;;+5/p-5.